The summed E-state index contributed by atoms with van der Waals surface area (Å²) in [5.41, 5.74) is 0.926. The number of hydrogen-bond acceptors (Lipinski definition) is 4. The van der Waals surface area contributed by atoms with Crippen LogP contribution in [-0.4, -0.2) is 32.0 Å². The van der Waals surface area contributed by atoms with E-state index in [1.165, 1.54) is 42.4 Å². The molecule has 0 fully saturated rings. The van der Waals surface area contributed by atoms with Crippen LogP contribution in [0.4, 0.5) is 5.69 Å². The molecule has 0 spiro atoms. The largest absolute Gasteiger partial charge is 0.392 e. The van der Waals surface area contributed by atoms with Crippen LogP contribution in [0.1, 0.15) is 24.2 Å². The highest BCUT2D eigenvalue weighted by Crippen LogP contribution is 2.24. The van der Waals surface area contributed by atoms with Gasteiger partial charge in [-0.2, -0.15) is 0 Å². The Morgan fingerprint density at radius 1 is 1.09 bits per heavy atom. The third-order valence-electron chi connectivity index (χ3n) is 3.32. The normalized spacial score (nSPS) is 12.7. The molecule has 6 heteroatoms. The molecule has 0 saturated heterocycles. The van der Waals surface area contributed by atoms with Crippen LogP contribution >= 0.6 is 0 Å². The van der Waals surface area contributed by atoms with E-state index in [2.05, 4.69) is 0 Å². The van der Waals surface area contributed by atoms with Crippen LogP contribution in [0.2, 0.25) is 0 Å². The molecular formula is C17H19NO4S. The number of ketones is 1. The van der Waals surface area contributed by atoms with Crippen molar-refractivity contribution in [2.45, 2.75) is 24.8 Å². The second-order valence-electron chi connectivity index (χ2n) is 5.30. The first-order valence-electron chi connectivity index (χ1n) is 7.19. The number of hydrogen-bond donors (Lipinski definition) is 1. The van der Waals surface area contributed by atoms with Crippen molar-refractivity contribution in [1.82, 2.24) is 0 Å². The van der Waals surface area contributed by atoms with E-state index in [1.54, 1.807) is 30.3 Å². The number of sulfonamides is 1. The lowest BCUT2D eigenvalue weighted by Crippen LogP contribution is -2.36. The zero-order chi connectivity index (χ0) is 17.0. The van der Waals surface area contributed by atoms with Crippen molar-refractivity contribution in [3.05, 3.63) is 60.2 Å². The van der Waals surface area contributed by atoms with Gasteiger partial charge in [0.05, 0.1) is 23.2 Å². The quantitative estimate of drug-likeness (QED) is 0.824. The third-order valence-corrected chi connectivity index (χ3v) is 5.13. The molecular weight excluding hydrogens is 314 g/mol. The molecule has 0 bridgehead atoms. The number of aliphatic hydroxyl groups excluding tert-OH is 1. The number of rotatable bonds is 6. The second kappa shape index (κ2) is 6.93. The predicted molar refractivity (Wildman–Crippen MR) is 89.1 cm³/mol. The average molecular weight is 333 g/mol. The maximum atomic E-state index is 12.9. The molecule has 0 aliphatic heterocycles. The van der Waals surface area contributed by atoms with Crippen molar-refractivity contribution in [3.63, 3.8) is 0 Å². The number of carbonyl (C=O) groups excluding carboxylic acids is 1. The van der Waals surface area contributed by atoms with Gasteiger partial charge in [0.15, 0.2) is 5.78 Å². The van der Waals surface area contributed by atoms with E-state index in [1.807, 2.05) is 0 Å². The van der Waals surface area contributed by atoms with E-state index >= 15 is 0 Å². The number of aliphatic hydroxyl groups is 1. The molecule has 0 unspecified atom stereocenters. The fourth-order valence-electron chi connectivity index (χ4n) is 2.17. The highest BCUT2D eigenvalue weighted by molar-refractivity contribution is 7.92. The van der Waals surface area contributed by atoms with E-state index in [4.69, 9.17) is 0 Å². The molecule has 122 valence electrons. The molecule has 23 heavy (non-hydrogen) atoms. The van der Waals surface area contributed by atoms with Gasteiger partial charge in [0, 0.05) is 5.56 Å². The Balaban J connectivity index is 2.45. The van der Waals surface area contributed by atoms with E-state index in [-0.39, 0.29) is 17.2 Å². The standard InChI is InChI=1S/C17H19NO4S/c1-13(19)12-18(16-6-4-3-5-7-16)23(21,22)17-10-8-15(9-11-17)14(2)20/h3-11,13,19H,12H2,1-2H3/t13-/m1/s1. The highest BCUT2D eigenvalue weighted by atomic mass is 32.2. The molecule has 0 aliphatic rings. The van der Waals surface area contributed by atoms with Gasteiger partial charge in [0.25, 0.3) is 10.0 Å². The summed E-state index contributed by atoms with van der Waals surface area (Å²) in [4.78, 5) is 11.4. The maximum Gasteiger partial charge on any atom is 0.264 e. The summed E-state index contributed by atoms with van der Waals surface area (Å²) in [7, 11) is -3.83. The lowest BCUT2D eigenvalue weighted by Gasteiger charge is -2.25. The topological polar surface area (TPSA) is 74.7 Å². The summed E-state index contributed by atoms with van der Waals surface area (Å²) in [6, 6.07) is 14.4. The van der Waals surface area contributed by atoms with Gasteiger partial charge in [0.1, 0.15) is 0 Å². The molecule has 5 nitrogen and oxygen atoms in total. The van der Waals surface area contributed by atoms with Gasteiger partial charge in [-0.25, -0.2) is 8.42 Å². The molecule has 2 aromatic carbocycles. The van der Waals surface area contributed by atoms with Gasteiger partial charge in [-0.15, -0.1) is 0 Å². The first-order valence-corrected chi connectivity index (χ1v) is 8.63. The van der Waals surface area contributed by atoms with Gasteiger partial charge in [-0.1, -0.05) is 30.3 Å². The van der Waals surface area contributed by atoms with Crippen LogP contribution < -0.4 is 4.31 Å². The number of Topliss-reactive ketones (excluding diaryl/α,β-unsaturated/α-hetero) is 1. The van der Waals surface area contributed by atoms with Crippen molar-refractivity contribution in [1.29, 1.82) is 0 Å². The summed E-state index contributed by atoms with van der Waals surface area (Å²) in [6.07, 6.45) is -0.818. The lowest BCUT2D eigenvalue weighted by atomic mass is 10.2. The fraction of sp³-hybridized carbons (Fsp3) is 0.235. The Morgan fingerprint density at radius 2 is 1.65 bits per heavy atom. The average Bonchev–Trinajstić information content (AvgIpc) is 2.53. The van der Waals surface area contributed by atoms with Crippen molar-refractivity contribution in [2.24, 2.45) is 0 Å². The summed E-state index contributed by atoms with van der Waals surface area (Å²) in [5.74, 6) is -0.127. The first-order chi connectivity index (χ1) is 10.8. The number of anilines is 1. The van der Waals surface area contributed by atoms with E-state index in [0.29, 0.717) is 11.3 Å². The second-order valence-corrected chi connectivity index (χ2v) is 7.16. The maximum absolute atomic E-state index is 12.9. The first kappa shape index (κ1) is 17.2. The van der Waals surface area contributed by atoms with Gasteiger partial charge in [0.2, 0.25) is 0 Å². The summed E-state index contributed by atoms with van der Waals surface area (Å²) < 4.78 is 26.9. The van der Waals surface area contributed by atoms with Crippen LogP contribution in [0.3, 0.4) is 0 Å². The van der Waals surface area contributed by atoms with Crippen molar-refractivity contribution < 1.29 is 18.3 Å². The number of nitrogens with zero attached hydrogens (tertiary/aromatic N) is 1. The predicted octanol–water partition coefficient (Wildman–Crippen LogP) is 2.47. The Kier molecular flexibility index (Phi) is 5.18. The van der Waals surface area contributed by atoms with Gasteiger partial charge in [-0.05, 0) is 38.1 Å². The minimum atomic E-state index is -3.83. The minimum Gasteiger partial charge on any atom is -0.392 e. The molecule has 1 N–H and O–H groups in total. The zero-order valence-corrected chi connectivity index (χ0v) is 13.8. The highest BCUT2D eigenvalue weighted by Gasteiger charge is 2.26. The van der Waals surface area contributed by atoms with Gasteiger partial charge >= 0.3 is 0 Å². The third kappa shape index (κ3) is 3.97. The van der Waals surface area contributed by atoms with Crippen LogP contribution in [0, 0.1) is 0 Å². The van der Waals surface area contributed by atoms with Crippen molar-refractivity contribution in [3.8, 4) is 0 Å². The molecule has 1 atom stereocenters. The monoisotopic (exact) mass is 333 g/mol. The molecule has 2 rings (SSSR count). The smallest absolute Gasteiger partial charge is 0.264 e. The van der Waals surface area contributed by atoms with Crippen molar-refractivity contribution >= 4 is 21.5 Å². The SMILES string of the molecule is CC(=O)c1ccc(S(=O)(=O)N(C[C@@H](C)O)c2ccccc2)cc1. The summed E-state index contributed by atoms with van der Waals surface area (Å²) >= 11 is 0. The van der Waals surface area contributed by atoms with Crippen LogP contribution in [0.25, 0.3) is 0 Å². The molecule has 0 aliphatic carbocycles. The number of benzene rings is 2. The number of carbonyl (C=O) groups is 1. The Hall–Kier alpha value is -2.18. The molecule has 0 radical (unpaired) electrons. The van der Waals surface area contributed by atoms with E-state index < -0.39 is 16.1 Å². The summed E-state index contributed by atoms with van der Waals surface area (Å²) in [5, 5.41) is 9.66. The minimum absolute atomic E-state index is 0.0548. The molecule has 0 aromatic heterocycles. The summed E-state index contributed by atoms with van der Waals surface area (Å²) in [6.45, 7) is 2.90. The lowest BCUT2D eigenvalue weighted by molar-refractivity contribution is 0.101. The number of para-hydroxylation sites is 1. The Bertz CT molecular complexity index is 768. The fourth-order valence-corrected chi connectivity index (χ4v) is 3.71. The van der Waals surface area contributed by atoms with Crippen LogP contribution in [-0.2, 0) is 10.0 Å². The Labute approximate surface area is 136 Å². The van der Waals surface area contributed by atoms with Gasteiger partial charge < -0.3 is 5.11 Å². The van der Waals surface area contributed by atoms with E-state index in [0.717, 1.165) is 0 Å². The van der Waals surface area contributed by atoms with E-state index in [9.17, 15) is 18.3 Å². The molecule has 0 saturated carbocycles. The molecule has 0 heterocycles. The van der Waals surface area contributed by atoms with Crippen LogP contribution in [0.5, 0.6) is 0 Å². The Morgan fingerprint density at radius 3 is 2.13 bits per heavy atom. The van der Waals surface area contributed by atoms with Crippen LogP contribution in [0.15, 0.2) is 59.5 Å². The van der Waals surface area contributed by atoms with Crippen molar-refractivity contribution in [2.75, 3.05) is 10.8 Å². The molecule has 0 amide bonds. The molecule has 2 aromatic rings. The zero-order valence-electron chi connectivity index (χ0n) is 13.0. The van der Waals surface area contributed by atoms with Gasteiger partial charge in [-0.3, -0.25) is 9.10 Å².